The average molecular weight is 340 g/mol. The van der Waals surface area contributed by atoms with Crippen molar-refractivity contribution in [1.82, 2.24) is 4.98 Å². The van der Waals surface area contributed by atoms with E-state index in [9.17, 15) is 9.59 Å². The van der Waals surface area contributed by atoms with Crippen LogP contribution >= 0.6 is 0 Å². The normalized spacial score (nSPS) is 10.8. The summed E-state index contributed by atoms with van der Waals surface area (Å²) < 4.78 is 16.0. The third-order valence-electron chi connectivity index (χ3n) is 3.37. The quantitative estimate of drug-likeness (QED) is 0.575. The van der Waals surface area contributed by atoms with Crippen molar-refractivity contribution in [2.24, 2.45) is 5.73 Å². The molecule has 2 aromatic heterocycles. The van der Waals surface area contributed by atoms with Crippen LogP contribution in [0.4, 0.5) is 4.79 Å². The van der Waals surface area contributed by atoms with Crippen molar-refractivity contribution < 1.29 is 23.5 Å². The maximum Gasteiger partial charge on any atom is 0.412 e. The molecule has 0 bridgehead atoms. The van der Waals surface area contributed by atoms with E-state index in [1.165, 1.54) is 0 Å². The zero-order chi connectivity index (χ0) is 18.0. The van der Waals surface area contributed by atoms with Gasteiger partial charge in [-0.3, -0.25) is 4.98 Å². The molecule has 2 heterocycles. The Bertz CT molecular complexity index is 931. The predicted molar refractivity (Wildman–Crippen MR) is 90.2 cm³/mol. The number of nitrogens with two attached hydrogens (primary N) is 1. The second kappa shape index (κ2) is 6.64. The molecule has 2 N–H and O–H groups in total. The number of nitrogens with zero attached hydrogens (tertiary/aromatic N) is 1. The number of aromatic nitrogens is 1. The van der Waals surface area contributed by atoms with Gasteiger partial charge in [-0.15, -0.1) is 0 Å². The zero-order valence-electron chi connectivity index (χ0n) is 13.7. The Morgan fingerprint density at radius 2 is 1.88 bits per heavy atom. The van der Waals surface area contributed by atoms with Crippen molar-refractivity contribution in [3.8, 4) is 17.1 Å². The zero-order valence-corrected chi connectivity index (χ0v) is 13.7. The number of benzene rings is 1. The maximum atomic E-state index is 12.4. The summed E-state index contributed by atoms with van der Waals surface area (Å²) in [6, 6.07) is 8.47. The van der Waals surface area contributed by atoms with Crippen LogP contribution in [0.2, 0.25) is 0 Å². The van der Waals surface area contributed by atoms with Crippen molar-refractivity contribution in [3.05, 3.63) is 48.3 Å². The molecule has 25 heavy (non-hydrogen) atoms. The Balaban J connectivity index is 2.20. The highest BCUT2D eigenvalue weighted by Crippen LogP contribution is 2.36. The number of carbonyl (C=O) groups excluding carboxylic acids is 2. The number of pyridine rings is 1. The molecule has 1 aromatic carbocycles. The predicted octanol–water partition coefficient (Wildman–Crippen LogP) is 3.52. The lowest BCUT2D eigenvalue weighted by molar-refractivity contribution is 0.0640. The van der Waals surface area contributed by atoms with Crippen LogP contribution in [0.3, 0.4) is 0 Å². The molecule has 3 aromatic rings. The smallest absolute Gasteiger partial charge is 0.412 e. The molecule has 0 aliphatic rings. The molecule has 0 atom stereocenters. The molecule has 7 nitrogen and oxygen atoms in total. The Morgan fingerprint density at radius 3 is 2.52 bits per heavy atom. The summed E-state index contributed by atoms with van der Waals surface area (Å²) in [5, 5.41) is 0.469. The van der Waals surface area contributed by atoms with E-state index < -0.39 is 12.1 Å². The molecule has 0 aliphatic heterocycles. The van der Waals surface area contributed by atoms with E-state index in [1.54, 1.807) is 42.7 Å². The van der Waals surface area contributed by atoms with Gasteiger partial charge in [0.1, 0.15) is 22.7 Å². The Labute approximate surface area is 143 Å². The van der Waals surface area contributed by atoms with E-state index >= 15 is 0 Å². The van der Waals surface area contributed by atoms with Crippen LogP contribution < -0.4 is 10.5 Å². The SMILES string of the molecule is CC(C)Oc1ccc2oc(-c3ccncc3)c(C(=O)OC(N)=O)c2c1. The number of ether oxygens (including phenoxy) is 2. The number of rotatable bonds is 4. The van der Waals surface area contributed by atoms with Crippen molar-refractivity contribution in [2.75, 3.05) is 0 Å². The summed E-state index contributed by atoms with van der Waals surface area (Å²) in [5.41, 5.74) is 6.16. The molecular formula is C18H16N2O5. The maximum absolute atomic E-state index is 12.4. The van der Waals surface area contributed by atoms with Crippen LogP contribution in [-0.2, 0) is 4.74 Å². The first-order chi connectivity index (χ1) is 12.0. The van der Waals surface area contributed by atoms with Gasteiger partial charge in [-0.25, -0.2) is 9.59 Å². The number of esters is 1. The van der Waals surface area contributed by atoms with Crippen LogP contribution in [0, 0.1) is 0 Å². The van der Waals surface area contributed by atoms with Gasteiger partial charge in [0.05, 0.1) is 6.10 Å². The largest absolute Gasteiger partial charge is 0.491 e. The summed E-state index contributed by atoms with van der Waals surface area (Å²) in [5.74, 6) is -0.0530. The fraction of sp³-hybridized carbons (Fsp3) is 0.167. The van der Waals surface area contributed by atoms with Gasteiger partial charge in [0, 0.05) is 23.3 Å². The van der Waals surface area contributed by atoms with Crippen LogP contribution in [0.25, 0.3) is 22.3 Å². The summed E-state index contributed by atoms with van der Waals surface area (Å²) >= 11 is 0. The van der Waals surface area contributed by atoms with Gasteiger partial charge in [-0.2, -0.15) is 0 Å². The molecule has 7 heteroatoms. The van der Waals surface area contributed by atoms with Crippen LogP contribution in [0.15, 0.2) is 47.1 Å². The van der Waals surface area contributed by atoms with E-state index in [0.29, 0.717) is 22.3 Å². The van der Waals surface area contributed by atoms with Crippen molar-refractivity contribution >= 4 is 23.0 Å². The van der Waals surface area contributed by atoms with E-state index in [-0.39, 0.29) is 17.4 Å². The molecule has 0 spiro atoms. The Morgan fingerprint density at radius 1 is 1.16 bits per heavy atom. The first-order valence-electron chi connectivity index (χ1n) is 7.61. The van der Waals surface area contributed by atoms with Gasteiger partial charge in [-0.1, -0.05) is 0 Å². The Hall–Kier alpha value is -3.35. The van der Waals surface area contributed by atoms with Crippen molar-refractivity contribution in [1.29, 1.82) is 0 Å². The number of hydrogen-bond acceptors (Lipinski definition) is 6. The topological polar surface area (TPSA) is 105 Å². The number of carbonyl (C=O) groups is 2. The standard InChI is InChI=1S/C18H16N2O5/c1-10(2)23-12-3-4-14-13(9-12)15(17(21)25-18(19)22)16(24-14)11-5-7-20-8-6-11/h3-10H,1-2H3,(H2,19,22). The first-order valence-corrected chi connectivity index (χ1v) is 7.61. The van der Waals surface area contributed by atoms with Gasteiger partial charge >= 0.3 is 12.1 Å². The minimum absolute atomic E-state index is 0.0370. The van der Waals surface area contributed by atoms with Crippen LogP contribution in [0.1, 0.15) is 24.2 Å². The molecular weight excluding hydrogens is 324 g/mol. The molecule has 128 valence electrons. The summed E-state index contributed by atoms with van der Waals surface area (Å²) in [6.45, 7) is 3.79. The van der Waals surface area contributed by atoms with Gasteiger partial charge < -0.3 is 19.6 Å². The van der Waals surface area contributed by atoms with E-state index in [4.69, 9.17) is 14.9 Å². The minimum Gasteiger partial charge on any atom is -0.491 e. The number of fused-ring (bicyclic) bond motifs is 1. The first kappa shape index (κ1) is 16.5. The summed E-state index contributed by atoms with van der Waals surface area (Å²) in [4.78, 5) is 27.4. The lowest BCUT2D eigenvalue weighted by atomic mass is 10.1. The molecule has 0 saturated heterocycles. The fourth-order valence-electron chi connectivity index (χ4n) is 2.47. The third-order valence-corrected chi connectivity index (χ3v) is 3.37. The highest BCUT2D eigenvalue weighted by molar-refractivity contribution is 6.11. The molecule has 0 saturated carbocycles. The monoisotopic (exact) mass is 340 g/mol. The number of hydrogen-bond donors (Lipinski definition) is 1. The molecule has 0 unspecified atom stereocenters. The third kappa shape index (κ3) is 3.45. The van der Waals surface area contributed by atoms with Crippen molar-refractivity contribution in [3.63, 3.8) is 0 Å². The number of primary amides is 1. The van der Waals surface area contributed by atoms with Crippen molar-refractivity contribution in [2.45, 2.75) is 20.0 Å². The average Bonchev–Trinajstić information content (AvgIpc) is 2.93. The second-order valence-electron chi connectivity index (χ2n) is 5.58. The Kier molecular flexibility index (Phi) is 4.38. The molecule has 0 fully saturated rings. The fourth-order valence-corrected chi connectivity index (χ4v) is 2.47. The van der Waals surface area contributed by atoms with Crippen LogP contribution in [-0.4, -0.2) is 23.2 Å². The van der Waals surface area contributed by atoms with Gasteiger partial charge in [0.2, 0.25) is 0 Å². The molecule has 3 rings (SSSR count). The summed E-state index contributed by atoms with van der Waals surface area (Å²) in [7, 11) is 0. The van der Waals surface area contributed by atoms with Gasteiger partial charge in [-0.05, 0) is 44.2 Å². The molecule has 1 amide bonds. The van der Waals surface area contributed by atoms with E-state index in [0.717, 1.165) is 0 Å². The number of amides is 1. The summed E-state index contributed by atoms with van der Waals surface area (Å²) in [6.07, 6.45) is 1.91. The van der Waals surface area contributed by atoms with E-state index in [1.807, 2.05) is 13.8 Å². The molecule has 0 aliphatic carbocycles. The lowest BCUT2D eigenvalue weighted by Crippen LogP contribution is -2.18. The minimum atomic E-state index is -1.19. The highest BCUT2D eigenvalue weighted by Gasteiger charge is 2.25. The second-order valence-corrected chi connectivity index (χ2v) is 5.58. The van der Waals surface area contributed by atoms with Gasteiger partial charge in [0.25, 0.3) is 0 Å². The van der Waals surface area contributed by atoms with Gasteiger partial charge in [0.15, 0.2) is 0 Å². The molecule has 0 radical (unpaired) electrons. The number of furan rings is 1. The van der Waals surface area contributed by atoms with Crippen LogP contribution in [0.5, 0.6) is 5.75 Å². The highest BCUT2D eigenvalue weighted by atomic mass is 16.6. The van der Waals surface area contributed by atoms with E-state index in [2.05, 4.69) is 9.72 Å². The lowest BCUT2D eigenvalue weighted by Gasteiger charge is -2.09.